The van der Waals surface area contributed by atoms with E-state index in [1.807, 2.05) is 0 Å². The van der Waals surface area contributed by atoms with E-state index in [2.05, 4.69) is 97.9 Å². The van der Waals surface area contributed by atoms with Crippen LogP contribution in [0.15, 0.2) is 91.0 Å². The predicted octanol–water partition coefficient (Wildman–Crippen LogP) is 6.48. The molecule has 0 aliphatic heterocycles. The van der Waals surface area contributed by atoms with E-state index in [1.54, 1.807) is 0 Å². The second kappa shape index (κ2) is 5.73. The van der Waals surface area contributed by atoms with Gasteiger partial charge < -0.3 is 0 Å². The minimum absolute atomic E-state index is 1.26. The van der Waals surface area contributed by atoms with Crippen molar-refractivity contribution in [3.05, 3.63) is 96.6 Å². The van der Waals surface area contributed by atoms with Gasteiger partial charge in [0.2, 0.25) is 0 Å². The standard InChI is InChI=1S/C23H18/c1-17-12-14-22-20(16-17)13-15-21(18-8-4-2-5-9-18)23(22)19-10-6-3-7-11-19/h2-16H,1H3. The van der Waals surface area contributed by atoms with Crippen molar-refractivity contribution in [1.29, 1.82) is 0 Å². The highest BCUT2D eigenvalue weighted by molar-refractivity contribution is 6.04. The fourth-order valence-corrected chi connectivity index (χ4v) is 3.22. The van der Waals surface area contributed by atoms with E-state index in [0.717, 1.165) is 0 Å². The van der Waals surface area contributed by atoms with Gasteiger partial charge in [-0.05, 0) is 39.9 Å². The molecule has 0 nitrogen and oxygen atoms in total. The van der Waals surface area contributed by atoms with Crippen molar-refractivity contribution in [2.45, 2.75) is 6.92 Å². The van der Waals surface area contributed by atoms with Crippen LogP contribution >= 0.6 is 0 Å². The third-order valence-electron chi connectivity index (χ3n) is 4.32. The van der Waals surface area contributed by atoms with Crippen LogP contribution in [0.1, 0.15) is 5.56 Å². The molecule has 0 heteroatoms. The first kappa shape index (κ1) is 13.8. The Morgan fingerprint density at radius 2 is 1.22 bits per heavy atom. The molecule has 0 radical (unpaired) electrons. The maximum absolute atomic E-state index is 2.26. The third kappa shape index (κ3) is 2.53. The molecule has 0 unspecified atom stereocenters. The first-order chi connectivity index (χ1) is 11.3. The average Bonchev–Trinajstić information content (AvgIpc) is 2.62. The Kier molecular flexibility index (Phi) is 3.44. The largest absolute Gasteiger partial charge is 0.0622 e. The SMILES string of the molecule is Cc1ccc2c(-c3ccccc3)c(-c3ccccc3)ccc2c1. The third-order valence-corrected chi connectivity index (χ3v) is 4.32. The molecule has 23 heavy (non-hydrogen) atoms. The molecule has 4 aromatic carbocycles. The second-order valence-corrected chi connectivity index (χ2v) is 5.94. The van der Waals surface area contributed by atoms with Gasteiger partial charge in [0.1, 0.15) is 0 Å². The van der Waals surface area contributed by atoms with Crippen LogP contribution in [0.25, 0.3) is 33.0 Å². The molecule has 0 aliphatic rings. The number of aryl methyl sites for hydroxylation is 1. The second-order valence-electron chi connectivity index (χ2n) is 5.94. The van der Waals surface area contributed by atoms with Crippen LogP contribution in [-0.2, 0) is 0 Å². The van der Waals surface area contributed by atoms with Gasteiger partial charge in [-0.2, -0.15) is 0 Å². The topological polar surface area (TPSA) is 0 Å². The summed E-state index contributed by atoms with van der Waals surface area (Å²) in [5, 5.41) is 2.60. The average molecular weight is 294 g/mol. The van der Waals surface area contributed by atoms with Crippen molar-refractivity contribution in [3.8, 4) is 22.3 Å². The molecular weight excluding hydrogens is 276 g/mol. The van der Waals surface area contributed by atoms with Crippen LogP contribution in [0, 0.1) is 6.92 Å². The number of hydrogen-bond donors (Lipinski definition) is 0. The zero-order valence-corrected chi connectivity index (χ0v) is 13.2. The summed E-state index contributed by atoms with van der Waals surface area (Å²) in [7, 11) is 0. The summed E-state index contributed by atoms with van der Waals surface area (Å²) in [5.41, 5.74) is 6.42. The Balaban J connectivity index is 2.09. The molecule has 0 heterocycles. The van der Waals surface area contributed by atoms with Crippen molar-refractivity contribution in [2.75, 3.05) is 0 Å². The summed E-state index contributed by atoms with van der Waals surface area (Å²) in [6, 6.07) is 32.5. The highest BCUT2D eigenvalue weighted by Crippen LogP contribution is 2.38. The van der Waals surface area contributed by atoms with Crippen molar-refractivity contribution < 1.29 is 0 Å². The number of hydrogen-bond acceptors (Lipinski definition) is 0. The molecule has 0 saturated carbocycles. The maximum Gasteiger partial charge on any atom is -0.00268 e. The van der Waals surface area contributed by atoms with Gasteiger partial charge in [0.15, 0.2) is 0 Å². The highest BCUT2D eigenvalue weighted by atomic mass is 14.1. The minimum Gasteiger partial charge on any atom is -0.0622 e. The van der Waals surface area contributed by atoms with E-state index in [9.17, 15) is 0 Å². The molecular formula is C23H18. The van der Waals surface area contributed by atoms with Gasteiger partial charge in [0.25, 0.3) is 0 Å². The van der Waals surface area contributed by atoms with Gasteiger partial charge >= 0.3 is 0 Å². The quantitative estimate of drug-likeness (QED) is 0.397. The lowest BCUT2D eigenvalue weighted by molar-refractivity contribution is 1.50. The lowest BCUT2D eigenvalue weighted by Gasteiger charge is -2.14. The lowest BCUT2D eigenvalue weighted by Crippen LogP contribution is -1.88. The molecule has 110 valence electrons. The fourth-order valence-electron chi connectivity index (χ4n) is 3.22. The van der Waals surface area contributed by atoms with E-state index in [1.165, 1.54) is 38.6 Å². The van der Waals surface area contributed by atoms with Gasteiger partial charge in [-0.3, -0.25) is 0 Å². The minimum atomic E-state index is 1.26. The molecule has 0 spiro atoms. The van der Waals surface area contributed by atoms with E-state index in [4.69, 9.17) is 0 Å². The van der Waals surface area contributed by atoms with Crippen LogP contribution in [-0.4, -0.2) is 0 Å². The summed E-state index contributed by atoms with van der Waals surface area (Å²) in [6.45, 7) is 2.15. The molecule has 0 amide bonds. The summed E-state index contributed by atoms with van der Waals surface area (Å²) in [5.74, 6) is 0. The number of fused-ring (bicyclic) bond motifs is 1. The zero-order valence-electron chi connectivity index (χ0n) is 13.2. The Bertz CT molecular complexity index is 951. The van der Waals surface area contributed by atoms with E-state index in [-0.39, 0.29) is 0 Å². The van der Waals surface area contributed by atoms with E-state index in [0.29, 0.717) is 0 Å². The first-order valence-corrected chi connectivity index (χ1v) is 7.97. The van der Waals surface area contributed by atoms with Gasteiger partial charge in [-0.15, -0.1) is 0 Å². The summed E-state index contributed by atoms with van der Waals surface area (Å²) < 4.78 is 0. The smallest absolute Gasteiger partial charge is 0.00268 e. The normalized spacial score (nSPS) is 10.8. The predicted molar refractivity (Wildman–Crippen MR) is 99.6 cm³/mol. The molecule has 0 fully saturated rings. The molecule has 4 aromatic rings. The van der Waals surface area contributed by atoms with E-state index >= 15 is 0 Å². The molecule has 0 aliphatic carbocycles. The van der Waals surface area contributed by atoms with Gasteiger partial charge in [0, 0.05) is 0 Å². The molecule has 0 aromatic heterocycles. The molecule has 0 saturated heterocycles. The van der Waals surface area contributed by atoms with Crippen molar-refractivity contribution >= 4 is 10.8 Å². The van der Waals surface area contributed by atoms with Crippen LogP contribution in [0.4, 0.5) is 0 Å². The summed E-state index contributed by atoms with van der Waals surface area (Å²) in [4.78, 5) is 0. The Labute approximate surface area is 137 Å². The summed E-state index contributed by atoms with van der Waals surface area (Å²) in [6.07, 6.45) is 0. The van der Waals surface area contributed by atoms with Crippen molar-refractivity contribution in [1.82, 2.24) is 0 Å². The van der Waals surface area contributed by atoms with Gasteiger partial charge in [0.05, 0.1) is 0 Å². The van der Waals surface area contributed by atoms with E-state index < -0.39 is 0 Å². The van der Waals surface area contributed by atoms with Crippen LogP contribution in [0.5, 0.6) is 0 Å². The molecule has 4 rings (SSSR count). The molecule has 0 atom stereocenters. The molecule has 0 bridgehead atoms. The van der Waals surface area contributed by atoms with Gasteiger partial charge in [-0.25, -0.2) is 0 Å². The highest BCUT2D eigenvalue weighted by Gasteiger charge is 2.11. The lowest BCUT2D eigenvalue weighted by atomic mass is 9.89. The Morgan fingerprint density at radius 1 is 0.565 bits per heavy atom. The number of benzene rings is 4. The Hall–Kier alpha value is -2.86. The van der Waals surface area contributed by atoms with Crippen LogP contribution in [0.2, 0.25) is 0 Å². The van der Waals surface area contributed by atoms with Gasteiger partial charge in [-0.1, -0.05) is 96.6 Å². The van der Waals surface area contributed by atoms with Crippen molar-refractivity contribution in [3.63, 3.8) is 0 Å². The summed E-state index contributed by atoms with van der Waals surface area (Å²) >= 11 is 0. The monoisotopic (exact) mass is 294 g/mol. The van der Waals surface area contributed by atoms with Crippen LogP contribution in [0.3, 0.4) is 0 Å². The Morgan fingerprint density at radius 3 is 1.91 bits per heavy atom. The van der Waals surface area contributed by atoms with Crippen LogP contribution < -0.4 is 0 Å². The zero-order chi connectivity index (χ0) is 15.6. The first-order valence-electron chi connectivity index (χ1n) is 7.97. The van der Waals surface area contributed by atoms with Crippen molar-refractivity contribution in [2.24, 2.45) is 0 Å². The fraction of sp³-hybridized carbons (Fsp3) is 0.0435. The number of rotatable bonds is 2. The molecule has 0 N–H and O–H groups in total. The maximum atomic E-state index is 2.26.